The molecule has 0 spiro atoms. The first-order valence-electron chi connectivity index (χ1n) is 8.82. The monoisotopic (exact) mass is 359 g/mol. The number of aromatic nitrogens is 1. The highest BCUT2D eigenvalue weighted by atomic mass is 32.2. The van der Waals surface area contributed by atoms with E-state index in [1.165, 1.54) is 11.8 Å². The van der Waals surface area contributed by atoms with Crippen LogP contribution in [-0.2, 0) is 16.4 Å². The van der Waals surface area contributed by atoms with Crippen LogP contribution in [0.4, 0.5) is 5.82 Å². The molecule has 1 saturated heterocycles. The van der Waals surface area contributed by atoms with E-state index in [2.05, 4.69) is 41.5 Å². The molecule has 1 N–H and O–H groups in total. The van der Waals surface area contributed by atoms with E-state index in [4.69, 9.17) is 0 Å². The van der Waals surface area contributed by atoms with Gasteiger partial charge in [0, 0.05) is 25.3 Å². The van der Waals surface area contributed by atoms with Crippen LogP contribution in [0, 0.1) is 0 Å². The summed E-state index contributed by atoms with van der Waals surface area (Å²) in [6.07, 6.45) is 5.31. The van der Waals surface area contributed by atoms with E-state index in [0.717, 1.165) is 25.7 Å². The lowest BCUT2D eigenvalue weighted by Crippen LogP contribution is -2.28. The Morgan fingerprint density at radius 2 is 1.84 bits per heavy atom. The second kappa shape index (κ2) is 7.97. The zero-order valence-corrected chi connectivity index (χ0v) is 15.4. The number of pyridine rings is 1. The van der Waals surface area contributed by atoms with Crippen LogP contribution in [0.3, 0.4) is 0 Å². The zero-order chi connectivity index (χ0) is 17.7. The van der Waals surface area contributed by atoms with Crippen molar-refractivity contribution in [3.8, 4) is 0 Å². The first-order chi connectivity index (χ1) is 12.1. The van der Waals surface area contributed by atoms with Gasteiger partial charge in [0.05, 0.1) is 0 Å². The number of anilines is 1. The number of rotatable bonds is 7. The SMILES string of the molecule is C[C@@H](CCc1ccccc1)Nc1ccc(S(=O)(=O)N2CCCC2)cn1. The van der Waals surface area contributed by atoms with E-state index in [9.17, 15) is 8.42 Å². The molecule has 0 aliphatic carbocycles. The van der Waals surface area contributed by atoms with Crippen LogP contribution in [0.25, 0.3) is 0 Å². The molecule has 3 rings (SSSR count). The molecule has 1 atom stereocenters. The summed E-state index contributed by atoms with van der Waals surface area (Å²) in [5.74, 6) is 0.709. The molecule has 2 heterocycles. The van der Waals surface area contributed by atoms with Crippen molar-refractivity contribution in [2.45, 2.75) is 43.5 Å². The molecule has 6 heteroatoms. The summed E-state index contributed by atoms with van der Waals surface area (Å²) in [6.45, 7) is 3.33. The maximum Gasteiger partial charge on any atom is 0.244 e. The van der Waals surface area contributed by atoms with Crippen LogP contribution in [0.2, 0.25) is 0 Å². The fourth-order valence-corrected chi connectivity index (χ4v) is 4.51. The Morgan fingerprint density at radius 1 is 1.12 bits per heavy atom. The fourth-order valence-electron chi connectivity index (χ4n) is 3.05. The number of nitrogens with zero attached hydrogens (tertiary/aromatic N) is 2. The van der Waals surface area contributed by atoms with E-state index in [0.29, 0.717) is 18.9 Å². The van der Waals surface area contributed by atoms with Gasteiger partial charge in [0.15, 0.2) is 0 Å². The highest BCUT2D eigenvalue weighted by molar-refractivity contribution is 7.89. The molecule has 1 aliphatic rings. The summed E-state index contributed by atoms with van der Waals surface area (Å²) in [5, 5.41) is 3.34. The lowest BCUT2D eigenvalue weighted by atomic mass is 10.1. The van der Waals surface area contributed by atoms with E-state index in [1.807, 2.05) is 6.07 Å². The minimum atomic E-state index is -3.39. The van der Waals surface area contributed by atoms with Gasteiger partial charge in [0.25, 0.3) is 0 Å². The van der Waals surface area contributed by atoms with Gasteiger partial charge >= 0.3 is 0 Å². The van der Waals surface area contributed by atoms with Crippen LogP contribution in [0.15, 0.2) is 53.6 Å². The second-order valence-corrected chi connectivity index (χ2v) is 8.50. The molecule has 1 aromatic heterocycles. The standard InChI is InChI=1S/C19H25N3O2S/c1-16(9-10-17-7-3-2-4-8-17)21-19-12-11-18(15-20-19)25(23,24)22-13-5-6-14-22/h2-4,7-8,11-12,15-16H,5-6,9-10,13-14H2,1H3,(H,20,21)/t16-/m0/s1. The smallest absolute Gasteiger partial charge is 0.244 e. The third-order valence-corrected chi connectivity index (χ3v) is 6.42. The second-order valence-electron chi connectivity index (χ2n) is 6.56. The highest BCUT2D eigenvalue weighted by Crippen LogP contribution is 2.21. The van der Waals surface area contributed by atoms with Gasteiger partial charge in [-0.15, -0.1) is 0 Å². The maximum absolute atomic E-state index is 12.5. The molecule has 0 bridgehead atoms. The molecule has 5 nitrogen and oxygen atoms in total. The largest absolute Gasteiger partial charge is 0.368 e. The summed E-state index contributed by atoms with van der Waals surface area (Å²) in [5.41, 5.74) is 1.32. The van der Waals surface area contributed by atoms with Crippen LogP contribution < -0.4 is 5.32 Å². The van der Waals surface area contributed by atoms with Crippen LogP contribution in [0.5, 0.6) is 0 Å². The molecule has 0 unspecified atom stereocenters. The predicted molar refractivity (Wildman–Crippen MR) is 100 cm³/mol. The van der Waals surface area contributed by atoms with Crippen molar-refractivity contribution >= 4 is 15.8 Å². The van der Waals surface area contributed by atoms with Crippen LogP contribution in [-0.4, -0.2) is 36.8 Å². The molecule has 0 saturated carbocycles. The first kappa shape index (κ1) is 17.9. The Balaban J connectivity index is 1.57. The van der Waals surface area contributed by atoms with Gasteiger partial charge in [-0.25, -0.2) is 13.4 Å². The van der Waals surface area contributed by atoms with Gasteiger partial charge in [0.2, 0.25) is 10.0 Å². The molecule has 134 valence electrons. The lowest BCUT2D eigenvalue weighted by molar-refractivity contribution is 0.477. The summed E-state index contributed by atoms with van der Waals surface area (Å²) in [4.78, 5) is 4.57. The third-order valence-electron chi connectivity index (χ3n) is 4.54. The minimum Gasteiger partial charge on any atom is -0.368 e. The molecule has 1 fully saturated rings. The number of benzene rings is 1. The molecule has 1 aliphatic heterocycles. The number of sulfonamides is 1. The van der Waals surface area contributed by atoms with Crippen molar-refractivity contribution in [3.63, 3.8) is 0 Å². The molecule has 1 aromatic carbocycles. The summed E-state index contributed by atoms with van der Waals surface area (Å²) in [6, 6.07) is 14.0. The predicted octanol–water partition coefficient (Wildman–Crippen LogP) is 3.30. The van der Waals surface area contributed by atoms with Crippen molar-refractivity contribution in [1.29, 1.82) is 0 Å². The Labute approximate surface area is 150 Å². The molecule has 25 heavy (non-hydrogen) atoms. The molecular weight excluding hydrogens is 334 g/mol. The fraction of sp³-hybridized carbons (Fsp3) is 0.421. The molecule has 0 amide bonds. The lowest BCUT2D eigenvalue weighted by Gasteiger charge is -2.17. The molecular formula is C19H25N3O2S. The zero-order valence-electron chi connectivity index (χ0n) is 14.6. The van der Waals surface area contributed by atoms with Crippen molar-refractivity contribution in [1.82, 2.24) is 9.29 Å². The van der Waals surface area contributed by atoms with Crippen molar-refractivity contribution < 1.29 is 8.42 Å². The Morgan fingerprint density at radius 3 is 2.48 bits per heavy atom. The molecule has 0 radical (unpaired) electrons. The van der Waals surface area contributed by atoms with Gasteiger partial charge in [-0.2, -0.15) is 4.31 Å². The number of hydrogen-bond acceptors (Lipinski definition) is 4. The van der Waals surface area contributed by atoms with Gasteiger partial charge in [0.1, 0.15) is 10.7 Å². The Hall–Kier alpha value is -1.92. The van der Waals surface area contributed by atoms with Crippen LogP contribution in [0.1, 0.15) is 31.7 Å². The average Bonchev–Trinajstić information content (AvgIpc) is 3.17. The summed E-state index contributed by atoms with van der Waals surface area (Å²) >= 11 is 0. The van der Waals surface area contributed by atoms with Gasteiger partial charge < -0.3 is 5.32 Å². The first-order valence-corrected chi connectivity index (χ1v) is 10.3. The Kier molecular flexibility index (Phi) is 5.71. The highest BCUT2D eigenvalue weighted by Gasteiger charge is 2.27. The van der Waals surface area contributed by atoms with E-state index in [-0.39, 0.29) is 10.9 Å². The van der Waals surface area contributed by atoms with Crippen molar-refractivity contribution in [3.05, 3.63) is 54.2 Å². The van der Waals surface area contributed by atoms with Gasteiger partial charge in [-0.1, -0.05) is 30.3 Å². The maximum atomic E-state index is 12.5. The normalized spacial score (nSPS) is 16.7. The minimum absolute atomic E-state index is 0.258. The topological polar surface area (TPSA) is 62.3 Å². The summed E-state index contributed by atoms with van der Waals surface area (Å²) < 4.78 is 26.5. The third kappa shape index (κ3) is 4.58. The van der Waals surface area contributed by atoms with Crippen molar-refractivity contribution in [2.24, 2.45) is 0 Å². The van der Waals surface area contributed by atoms with E-state index < -0.39 is 10.0 Å². The Bertz CT molecular complexity index is 770. The number of nitrogens with one attached hydrogen (secondary N) is 1. The van der Waals surface area contributed by atoms with Crippen molar-refractivity contribution in [2.75, 3.05) is 18.4 Å². The average molecular weight is 359 g/mol. The number of hydrogen-bond donors (Lipinski definition) is 1. The van der Waals surface area contributed by atoms with Gasteiger partial charge in [-0.3, -0.25) is 0 Å². The van der Waals surface area contributed by atoms with E-state index in [1.54, 1.807) is 16.4 Å². The van der Waals surface area contributed by atoms with Crippen LogP contribution >= 0.6 is 0 Å². The quantitative estimate of drug-likeness (QED) is 0.824. The van der Waals surface area contributed by atoms with E-state index >= 15 is 0 Å². The van der Waals surface area contributed by atoms with Gasteiger partial charge in [-0.05, 0) is 50.3 Å². The number of aryl methyl sites for hydroxylation is 1. The molecule has 2 aromatic rings. The summed E-state index contributed by atoms with van der Waals surface area (Å²) in [7, 11) is -3.39.